The summed E-state index contributed by atoms with van der Waals surface area (Å²) >= 11 is 6.33. The fourth-order valence-electron chi connectivity index (χ4n) is 2.46. The van der Waals surface area contributed by atoms with E-state index in [9.17, 15) is 0 Å². The minimum absolute atomic E-state index is 0.290. The molecule has 3 rings (SSSR count). The van der Waals surface area contributed by atoms with Crippen molar-refractivity contribution in [3.05, 3.63) is 58.9 Å². The molecule has 124 valence electrons. The zero-order valence-electron chi connectivity index (χ0n) is 14.1. The van der Waals surface area contributed by atoms with Crippen molar-refractivity contribution in [2.45, 2.75) is 33.6 Å². The molecule has 0 bridgehead atoms. The molecular weight excluding hydrogens is 324 g/mol. The van der Waals surface area contributed by atoms with Crippen molar-refractivity contribution in [2.24, 2.45) is 0 Å². The Hall–Kier alpha value is -2.33. The largest absolute Gasteiger partial charge is 0.466 e. The highest BCUT2D eigenvalue weighted by atomic mass is 35.5. The second-order valence-electron chi connectivity index (χ2n) is 6.05. The van der Waals surface area contributed by atoms with Gasteiger partial charge in [0, 0.05) is 0 Å². The summed E-state index contributed by atoms with van der Waals surface area (Å²) in [6.45, 7) is 8.07. The molecule has 0 saturated heterocycles. The fourth-order valence-corrected chi connectivity index (χ4v) is 2.66. The van der Waals surface area contributed by atoms with Crippen LogP contribution in [0.25, 0.3) is 22.6 Å². The molecule has 0 unspecified atom stereocenters. The molecule has 0 aliphatic rings. The lowest BCUT2D eigenvalue weighted by Crippen LogP contribution is -1.86. The Morgan fingerprint density at radius 3 is 2.38 bits per heavy atom. The molecule has 2 aromatic heterocycles. The maximum Gasteiger partial charge on any atom is 0.259 e. The van der Waals surface area contributed by atoms with Crippen LogP contribution in [-0.4, -0.2) is 10.2 Å². The topological polar surface area (TPSA) is 52.1 Å². The lowest BCUT2D eigenvalue weighted by atomic mass is 10.0. The average molecular weight is 343 g/mol. The van der Waals surface area contributed by atoms with Crippen LogP contribution >= 0.6 is 11.6 Å². The number of halogens is 1. The highest BCUT2D eigenvalue weighted by molar-refractivity contribution is 6.50. The number of rotatable bonds is 4. The molecule has 5 heteroatoms. The summed E-state index contributed by atoms with van der Waals surface area (Å²) in [4.78, 5) is 0. The number of hydrogen-bond donors (Lipinski definition) is 0. The lowest BCUT2D eigenvalue weighted by molar-refractivity contribution is 0.502. The second-order valence-corrected chi connectivity index (χ2v) is 6.46. The molecule has 0 fully saturated rings. The van der Waals surface area contributed by atoms with Crippen LogP contribution < -0.4 is 0 Å². The summed E-state index contributed by atoms with van der Waals surface area (Å²) in [5.41, 5.74) is 3.06. The van der Waals surface area contributed by atoms with Gasteiger partial charge in [0.25, 0.3) is 11.8 Å². The number of benzene rings is 1. The Morgan fingerprint density at radius 2 is 1.79 bits per heavy atom. The van der Waals surface area contributed by atoms with Gasteiger partial charge in [0.05, 0.1) is 5.56 Å². The van der Waals surface area contributed by atoms with Crippen LogP contribution in [0.1, 0.15) is 48.3 Å². The highest BCUT2D eigenvalue weighted by Gasteiger charge is 2.16. The smallest absolute Gasteiger partial charge is 0.259 e. The van der Waals surface area contributed by atoms with Crippen molar-refractivity contribution < 1.29 is 8.83 Å². The number of aromatic nitrogens is 2. The summed E-state index contributed by atoms with van der Waals surface area (Å²) in [5.74, 6) is 2.73. The fraction of sp³-hybridized carbons (Fsp3) is 0.263. The van der Waals surface area contributed by atoms with Gasteiger partial charge in [0.1, 0.15) is 16.6 Å². The van der Waals surface area contributed by atoms with Crippen molar-refractivity contribution in [3.8, 4) is 11.5 Å². The third kappa shape index (κ3) is 3.44. The molecule has 2 heterocycles. The maximum absolute atomic E-state index is 6.33. The minimum atomic E-state index is 0.290. The molecule has 4 nitrogen and oxygen atoms in total. The molecule has 0 amide bonds. The van der Waals surface area contributed by atoms with Gasteiger partial charge in [-0.05, 0) is 43.0 Å². The molecule has 0 N–H and O–H groups in total. The molecule has 0 atom stereocenters. The van der Waals surface area contributed by atoms with E-state index in [1.54, 1.807) is 0 Å². The van der Waals surface area contributed by atoms with Crippen LogP contribution in [-0.2, 0) is 0 Å². The number of furan rings is 1. The summed E-state index contributed by atoms with van der Waals surface area (Å²) < 4.78 is 11.2. The molecule has 0 radical (unpaired) electrons. The van der Waals surface area contributed by atoms with Crippen molar-refractivity contribution in [3.63, 3.8) is 0 Å². The van der Waals surface area contributed by atoms with Crippen LogP contribution in [0.4, 0.5) is 0 Å². The van der Waals surface area contributed by atoms with Gasteiger partial charge in [-0.15, -0.1) is 10.2 Å². The molecule has 3 aromatic rings. The number of hydrogen-bond acceptors (Lipinski definition) is 4. The van der Waals surface area contributed by atoms with Gasteiger partial charge in [-0.2, -0.15) is 0 Å². The van der Waals surface area contributed by atoms with Gasteiger partial charge in [-0.3, -0.25) is 0 Å². The number of nitrogens with zero attached hydrogens (tertiary/aromatic N) is 2. The quantitative estimate of drug-likeness (QED) is 0.600. The molecule has 24 heavy (non-hydrogen) atoms. The van der Waals surface area contributed by atoms with E-state index in [0.717, 1.165) is 22.6 Å². The van der Waals surface area contributed by atoms with E-state index in [0.29, 0.717) is 16.8 Å². The first-order chi connectivity index (χ1) is 11.4. The van der Waals surface area contributed by atoms with Crippen LogP contribution in [0, 0.1) is 13.8 Å². The minimum Gasteiger partial charge on any atom is -0.466 e. The predicted molar refractivity (Wildman–Crippen MR) is 95.7 cm³/mol. The average Bonchev–Trinajstić information content (AvgIpc) is 3.14. The summed E-state index contributed by atoms with van der Waals surface area (Å²) in [7, 11) is 0. The molecule has 0 aliphatic carbocycles. The summed E-state index contributed by atoms with van der Waals surface area (Å²) in [6, 6.07) is 10.1. The molecule has 0 saturated carbocycles. The first-order valence-corrected chi connectivity index (χ1v) is 8.20. The Labute approximate surface area is 146 Å². The van der Waals surface area contributed by atoms with E-state index < -0.39 is 0 Å². The SMILES string of the molecule is Cc1cc(-c2nnc(/C(Cl)=C/c3ccc(C(C)C)cc3)o2)c(C)o1. The van der Waals surface area contributed by atoms with Gasteiger partial charge >= 0.3 is 0 Å². The lowest BCUT2D eigenvalue weighted by Gasteiger charge is -2.04. The van der Waals surface area contributed by atoms with Crippen molar-refractivity contribution >= 4 is 22.7 Å². The van der Waals surface area contributed by atoms with Crippen LogP contribution in [0.3, 0.4) is 0 Å². The second kappa shape index (κ2) is 6.65. The summed E-state index contributed by atoms with van der Waals surface area (Å²) in [6.07, 6.45) is 1.82. The third-order valence-corrected chi connectivity index (χ3v) is 4.07. The zero-order valence-corrected chi connectivity index (χ0v) is 14.9. The van der Waals surface area contributed by atoms with Crippen molar-refractivity contribution in [1.29, 1.82) is 0 Å². The number of aryl methyl sites for hydroxylation is 2. The molecule has 1 aromatic carbocycles. The van der Waals surface area contributed by atoms with Crippen LogP contribution in [0.5, 0.6) is 0 Å². The summed E-state index contributed by atoms with van der Waals surface area (Å²) in [5, 5.41) is 8.49. The van der Waals surface area contributed by atoms with E-state index in [2.05, 4.69) is 36.2 Å². The first kappa shape index (κ1) is 16.5. The van der Waals surface area contributed by atoms with Gasteiger partial charge in [0.15, 0.2) is 0 Å². The van der Waals surface area contributed by atoms with E-state index in [1.165, 1.54) is 5.56 Å². The molecule has 0 aliphatic heterocycles. The Kier molecular flexibility index (Phi) is 4.58. The van der Waals surface area contributed by atoms with Gasteiger partial charge in [0.2, 0.25) is 0 Å². The highest BCUT2D eigenvalue weighted by Crippen LogP contribution is 2.29. The van der Waals surface area contributed by atoms with E-state index in [1.807, 2.05) is 38.1 Å². The predicted octanol–water partition coefficient (Wildman–Crippen LogP) is 5.81. The van der Waals surface area contributed by atoms with Crippen molar-refractivity contribution in [2.75, 3.05) is 0 Å². The Morgan fingerprint density at radius 1 is 1.08 bits per heavy atom. The first-order valence-electron chi connectivity index (χ1n) is 7.82. The molecular formula is C19H19ClN2O2. The molecule has 0 spiro atoms. The van der Waals surface area contributed by atoms with E-state index >= 15 is 0 Å². The van der Waals surface area contributed by atoms with Gasteiger partial charge in [-0.25, -0.2) is 0 Å². The Balaban J connectivity index is 1.85. The third-order valence-electron chi connectivity index (χ3n) is 3.80. The van der Waals surface area contributed by atoms with E-state index in [-0.39, 0.29) is 5.89 Å². The standard InChI is InChI=1S/C19H19ClN2O2/c1-11(2)15-7-5-14(6-8-15)10-17(20)19-22-21-18(24-19)16-9-12(3)23-13(16)4/h5-11H,1-4H3/b17-10-. The zero-order chi connectivity index (χ0) is 17.3. The van der Waals surface area contributed by atoms with Crippen molar-refractivity contribution in [1.82, 2.24) is 10.2 Å². The maximum atomic E-state index is 6.33. The Bertz CT molecular complexity index is 873. The van der Waals surface area contributed by atoms with E-state index in [4.69, 9.17) is 20.4 Å². The van der Waals surface area contributed by atoms with Gasteiger partial charge in [-0.1, -0.05) is 49.7 Å². The van der Waals surface area contributed by atoms with Gasteiger partial charge < -0.3 is 8.83 Å². The normalized spacial score (nSPS) is 12.2. The monoisotopic (exact) mass is 342 g/mol. The van der Waals surface area contributed by atoms with Crippen LogP contribution in [0.15, 0.2) is 39.2 Å². The van der Waals surface area contributed by atoms with Crippen LogP contribution in [0.2, 0.25) is 0 Å².